The second kappa shape index (κ2) is 10.4. The number of hydrogen-bond donors (Lipinski definition) is 1. The maximum absolute atomic E-state index is 13.3. The largest absolute Gasteiger partial charge is 0.497 e. The molecule has 1 unspecified atom stereocenters. The van der Waals surface area contributed by atoms with E-state index < -0.39 is 0 Å². The highest BCUT2D eigenvalue weighted by Gasteiger charge is 2.20. The number of nitrogens with zero attached hydrogens (tertiary/aromatic N) is 2. The number of aromatic nitrogens is 2. The number of methoxy groups -OCH3 is 1. The summed E-state index contributed by atoms with van der Waals surface area (Å²) in [4.78, 5) is 13.3. The Kier molecular flexibility index (Phi) is 7.10. The van der Waals surface area contributed by atoms with E-state index in [1.807, 2.05) is 73.7 Å². The SMILES string of the molecule is COc1ccc(-n2nc(-c3ccccc3Cl)cc2C(=O)NC(C)CCc2ccccc2)cc1. The average Bonchev–Trinajstić information content (AvgIpc) is 3.29. The number of rotatable bonds is 8. The molecule has 1 atom stereocenters. The molecule has 1 N–H and O–H groups in total. The van der Waals surface area contributed by atoms with Gasteiger partial charge in [-0.25, -0.2) is 4.68 Å². The van der Waals surface area contributed by atoms with Crippen molar-refractivity contribution in [2.75, 3.05) is 7.11 Å². The summed E-state index contributed by atoms with van der Waals surface area (Å²) in [5.74, 6) is 0.551. The molecule has 0 aliphatic rings. The summed E-state index contributed by atoms with van der Waals surface area (Å²) in [5, 5.41) is 8.42. The van der Waals surface area contributed by atoms with Crippen LogP contribution in [0.2, 0.25) is 5.02 Å². The molecule has 168 valence electrons. The van der Waals surface area contributed by atoms with Gasteiger partial charge in [0.15, 0.2) is 0 Å². The molecule has 1 amide bonds. The van der Waals surface area contributed by atoms with E-state index in [1.165, 1.54) is 5.56 Å². The first-order valence-corrected chi connectivity index (χ1v) is 11.3. The molecular formula is C27H26ClN3O2. The molecule has 4 aromatic rings. The fourth-order valence-electron chi connectivity index (χ4n) is 3.66. The predicted octanol–water partition coefficient (Wildman–Crippen LogP) is 5.95. The molecule has 6 heteroatoms. The second-order valence-corrected chi connectivity index (χ2v) is 8.31. The molecular weight excluding hydrogens is 434 g/mol. The van der Waals surface area contributed by atoms with Gasteiger partial charge in [-0.1, -0.05) is 60.1 Å². The zero-order chi connectivity index (χ0) is 23.2. The normalized spacial score (nSPS) is 11.7. The van der Waals surface area contributed by atoms with E-state index in [0.717, 1.165) is 29.8 Å². The molecule has 0 aliphatic heterocycles. The van der Waals surface area contributed by atoms with Gasteiger partial charge in [-0.3, -0.25) is 4.79 Å². The summed E-state index contributed by atoms with van der Waals surface area (Å²) >= 11 is 6.40. The van der Waals surface area contributed by atoms with E-state index in [9.17, 15) is 4.79 Å². The molecule has 0 bridgehead atoms. The van der Waals surface area contributed by atoms with E-state index in [4.69, 9.17) is 21.4 Å². The number of nitrogens with one attached hydrogen (secondary N) is 1. The molecule has 0 saturated heterocycles. The standard InChI is InChI=1S/C27H26ClN3O2/c1-19(12-13-20-8-4-3-5-9-20)29-27(32)26-18-25(23-10-6-7-11-24(23)28)30-31(26)21-14-16-22(33-2)17-15-21/h3-11,14-19H,12-13H2,1-2H3,(H,29,32). The fraction of sp³-hybridized carbons (Fsp3) is 0.185. The predicted molar refractivity (Wildman–Crippen MR) is 132 cm³/mol. The van der Waals surface area contributed by atoms with Crippen molar-refractivity contribution in [1.29, 1.82) is 0 Å². The Balaban J connectivity index is 1.60. The summed E-state index contributed by atoms with van der Waals surface area (Å²) in [6.07, 6.45) is 1.73. The number of hydrogen-bond acceptors (Lipinski definition) is 3. The van der Waals surface area contributed by atoms with Gasteiger partial charge in [0, 0.05) is 11.6 Å². The fourth-order valence-corrected chi connectivity index (χ4v) is 3.89. The van der Waals surface area contributed by atoms with Crippen LogP contribution in [-0.2, 0) is 6.42 Å². The lowest BCUT2D eigenvalue weighted by atomic mass is 10.1. The molecule has 0 radical (unpaired) electrons. The average molecular weight is 460 g/mol. The monoisotopic (exact) mass is 459 g/mol. The van der Waals surface area contributed by atoms with Crippen LogP contribution in [0.3, 0.4) is 0 Å². The van der Waals surface area contributed by atoms with Crippen molar-refractivity contribution in [3.05, 3.63) is 101 Å². The lowest BCUT2D eigenvalue weighted by Gasteiger charge is -2.15. The minimum absolute atomic E-state index is 0.000636. The summed E-state index contributed by atoms with van der Waals surface area (Å²) in [6, 6.07) is 27.0. The van der Waals surface area contributed by atoms with E-state index in [1.54, 1.807) is 17.9 Å². The second-order valence-electron chi connectivity index (χ2n) is 7.90. The van der Waals surface area contributed by atoms with Gasteiger partial charge >= 0.3 is 0 Å². The van der Waals surface area contributed by atoms with Crippen LogP contribution in [0.5, 0.6) is 5.75 Å². The Hall–Kier alpha value is -3.57. The van der Waals surface area contributed by atoms with Crippen molar-refractivity contribution >= 4 is 17.5 Å². The molecule has 33 heavy (non-hydrogen) atoms. The van der Waals surface area contributed by atoms with Crippen LogP contribution in [0.4, 0.5) is 0 Å². The third kappa shape index (κ3) is 5.44. The van der Waals surface area contributed by atoms with Crippen LogP contribution < -0.4 is 10.1 Å². The van der Waals surface area contributed by atoms with Crippen molar-refractivity contribution in [3.63, 3.8) is 0 Å². The van der Waals surface area contributed by atoms with Crippen LogP contribution >= 0.6 is 11.6 Å². The molecule has 1 heterocycles. The Bertz CT molecular complexity index is 1220. The quantitative estimate of drug-likeness (QED) is 0.354. The van der Waals surface area contributed by atoms with E-state index >= 15 is 0 Å². The Morgan fingerprint density at radius 3 is 2.42 bits per heavy atom. The van der Waals surface area contributed by atoms with Gasteiger partial charge in [0.2, 0.25) is 0 Å². The zero-order valence-corrected chi connectivity index (χ0v) is 19.4. The molecule has 5 nitrogen and oxygen atoms in total. The molecule has 3 aromatic carbocycles. The van der Waals surface area contributed by atoms with Crippen LogP contribution in [-0.4, -0.2) is 28.8 Å². The lowest BCUT2D eigenvalue weighted by Crippen LogP contribution is -2.34. The number of halogens is 1. The van der Waals surface area contributed by atoms with Crippen molar-refractivity contribution in [2.24, 2.45) is 0 Å². The summed E-state index contributed by atoms with van der Waals surface area (Å²) < 4.78 is 6.91. The maximum Gasteiger partial charge on any atom is 0.270 e. The molecule has 0 saturated carbocycles. The van der Waals surface area contributed by atoms with Crippen LogP contribution in [0.15, 0.2) is 84.9 Å². The summed E-state index contributed by atoms with van der Waals surface area (Å²) in [6.45, 7) is 2.02. The van der Waals surface area contributed by atoms with Crippen molar-refractivity contribution in [3.8, 4) is 22.7 Å². The van der Waals surface area contributed by atoms with Crippen LogP contribution in [0.1, 0.15) is 29.4 Å². The molecule has 0 aliphatic carbocycles. The molecule has 0 spiro atoms. The van der Waals surface area contributed by atoms with Gasteiger partial charge < -0.3 is 10.1 Å². The minimum Gasteiger partial charge on any atom is -0.497 e. The number of aryl methyl sites for hydroxylation is 1. The van der Waals surface area contributed by atoms with Crippen molar-refractivity contribution < 1.29 is 9.53 Å². The number of ether oxygens (including phenoxy) is 1. The van der Waals surface area contributed by atoms with Crippen LogP contribution in [0, 0.1) is 0 Å². The Morgan fingerprint density at radius 1 is 1.03 bits per heavy atom. The van der Waals surface area contributed by atoms with Crippen molar-refractivity contribution in [2.45, 2.75) is 25.8 Å². The van der Waals surface area contributed by atoms with Gasteiger partial charge in [-0.05, 0) is 61.7 Å². The van der Waals surface area contributed by atoms with Gasteiger partial charge in [0.1, 0.15) is 11.4 Å². The number of carbonyl (C=O) groups is 1. The Morgan fingerprint density at radius 2 is 1.73 bits per heavy atom. The maximum atomic E-state index is 13.3. The Labute approximate surface area is 199 Å². The first-order chi connectivity index (χ1) is 16.0. The zero-order valence-electron chi connectivity index (χ0n) is 18.7. The third-order valence-electron chi connectivity index (χ3n) is 5.50. The van der Waals surface area contributed by atoms with Gasteiger partial charge in [0.05, 0.1) is 23.5 Å². The first-order valence-electron chi connectivity index (χ1n) is 10.9. The number of amides is 1. The molecule has 1 aromatic heterocycles. The summed E-state index contributed by atoms with van der Waals surface area (Å²) in [7, 11) is 1.62. The number of benzene rings is 3. The highest BCUT2D eigenvalue weighted by molar-refractivity contribution is 6.33. The molecule has 4 rings (SSSR count). The smallest absolute Gasteiger partial charge is 0.270 e. The van der Waals surface area contributed by atoms with E-state index in [2.05, 4.69) is 17.4 Å². The lowest BCUT2D eigenvalue weighted by molar-refractivity contribution is 0.0930. The topological polar surface area (TPSA) is 56.2 Å². The first kappa shape index (κ1) is 22.6. The highest BCUT2D eigenvalue weighted by atomic mass is 35.5. The third-order valence-corrected chi connectivity index (χ3v) is 5.82. The van der Waals surface area contributed by atoms with Crippen LogP contribution in [0.25, 0.3) is 16.9 Å². The highest BCUT2D eigenvalue weighted by Crippen LogP contribution is 2.28. The van der Waals surface area contributed by atoms with Gasteiger partial charge in [-0.15, -0.1) is 0 Å². The van der Waals surface area contributed by atoms with E-state index in [-0.39, 0.29) is 11.9 Å². The van der Waals surface area contributed by atoms with Gasteiger partial charge in [-0.2, -0.15) is 5.10 Å². The molecule has 0 fully saturated rings. The van der Waals surface area contributed by atoms with Crippen molar-refractivity contribution in [1.82, 2.24) is 15.1 Å². The van der Waals surface area contributed by atoms with E-state index in [0.29, 0.717) is 16.4 Å². The number of carbonyl (C=O) groups excluding carboxylic acids is 1. The minimum atomic E-state index is -0.183. The van der Waals surface area contributed by atoms with Gasteiger partial charge in [0.25, 0.3) is 5.91 Å². The summed E-state index contributed by atoms with van der Waals surface area (Å²) in [5.41, 5.74) is 3.87.